The zero-order valence-corrected chi connectivity index (χ0v) is 9.52. The number of morpholine rings is 1. The molecule has 0 aromatic rings. The van der Waals surface area contributed by atoms with Crippen molar-refractivity contribution in [3.05, 3.63) is 0 Å². The Kier molecular flexibility index (Phi) is 5.14. The van der Waals surface area contributed by atoms with Crippen LogP contribution >= 0.6 is 12.4 Å². The first kappa shape index (κ1) is 12.5. The van der Waals surface area contributed by atoms with Gasteiger partial charge in [-0.1, -0.05) is 0 Å². The standard InChI is InChI=1S/C9H17N3O2.ClH/c13-9(11-8-1-2-10-7-8)12-3-5-14-6-4-12;/h8,10H,1-7H2,(H,11,13);1H/t8-;/m0./s1. The van der Waals surface area contributed by atoms with Gasteiger partial charge in [-0.3, -0.25) is 0 Å². The molecule has 88 valence electrons. The first-order chi connectivity index (χ1) is 6.86. The SMILES string of the molecule is Cl.O=C(N[C@H]1CCNC1)N1CCOCC1. The van der Waals surface area contributed by atoms with Gasteiger partial charge < -0.3 is 20.3 Å². The van der Waals surface area contributed by atoms with Crippen molar-refractivity contribution in [2.75, 3.05) is 39.4 Å². The second-order valence-corrected chi connectivity index (χ2v) is 3.74. The zero-order chi connectivity index (χ0) is 9.80. The van der Waals surface area contributed by atoms with Crippen LogP contribution in [0.2, 0.25) is 0 Å². The van der Waals surface area contributed by atoms with E-state index in [1.54, 1.807) is 0 Å². The Hall–Kier alpha value is -0.520. The van der Waals surface area contributed by atoms with Gasteiger partial charge in [0, 0.05) is 25.7 Å². The minimum atomic E-state index is 0. The van der Waals surface area contributed by atoms with Crippen molar-refractivity contribution in [2.45, 2.75) is 12.5 Å². The zero-order valence-electron chi connectivity index (χ0n) is 8.70. The van der Waals surface area contributed by atoms with Crippen LogP contribution < -0.4 is 10.6 Å². The number of hydrogen-bond donors (Lipinski definition) is 2. The van der Waals surface area contributed by atoms with Crippen molar-refractivity contribution in [1.82, 2.24) is 15.5 Å². The maximum atomic E-state index is 11.7. The number of carbonyl (C=O) groups excluding carboxylic acids is 1. The summed E-state index contributed by atoms with van der Waals surface area (Å²) in [7, 11) is 0. The molecule has 0 aromatic heterocycles. The van der Waals surface area contributed by atoms with Crippen molar-refractivity contribution >= 4 is 18.4 Å². The van der Waals surface area contributed by atoms with E-state index < -0.39 is 0 Å². The lowest BCUT2D eigenvalue weighted by Crippen LogP contribution is -2.49. The van der Waals surface area contributed by atoms with Crippen molar-refractivity contribution in [3.63, 3.8) is 0 Å². The molecular weight excluding hydrogens is 218 g/mol. The summed E-state index contributed by atoms with van der Waals surface area (Å²) in [6, 6.07) is 0.368. The third kappa shape index (κ3) is 3.52. The van der Waals surface area contributed by atoms with Gasteiger partial charge in [0.15, 0.2) is 0 Å². The molecule has 0 bridgehead atoms. The van der Waals surface area contributed by atoms with Gasteiger partial charge in [-0.15, -0.1) is 12.4 Å². The van der Waals surface area contributed by atoms with Crippen LogP contribution in [0.25, 0.3) is 0 Å². The molecule has 0 radical (unpaired) electrons. The average Bonchev–Trinajstić information content (AvgIpc) is 2.72. The van der Waals surface area contributed by atoms with E-state index in [0.29, 0.717) is 32.3 Å². The number of urea groups is 1. The van der Waals surface area contributed by atoms with Crippen LogP contribution in [0.5, 0.6) is 0 Å². The Labute approximate surface area is 95.9 Å². The fourth-order valence-electron chi connectivity index (χ4n) is 1.81. The predicted molar refractivity (Wildman–Crippen MR) is 59.4 cm³/mol. The molecule has 2 saturated heterocycles. The van der Waals surface area contributed by atoms with Crippen molar-refractivity contribution in [1.29, 1.82) is 0 Å². The van der Waals surface area contributed by atoms with Crippen LogP contribution in [0.15, 0.2) is 0 Å². The quantitative estimate of drug-likeness (QED) is 0.663. The summed E-state index contributed by atoms with van der Waals surface area (Å²) in [6.07, 6.45) is 1.04. The van der Waals surface area contributed by atoms with Crippen molar-refractivity contribution in [2.24, 2.45) is 0 Å². The summed E-state index contributed by atoms with van der Waals surface area (Å²) in [5, 5.41) is 6.24. The lowest BCUT2D eigenvalue weighted by atomic mass is 10.3. The smallest absolute Gasteiger partial charge is 0.317 e. The molecule has 0 spiro atoms. The molecule has 0 aromatic carbocycles. The first-order valence-electron chi connectivity index (χ1n) is 5.20. The third-order valence-corrected chi connectivity index (χ3v) is 2.69. The van der Waals surface area contributed by atoms with Crippen LogP contribution in [-0.4, -0.2) is 56.4 Å². The van der Waals surface area contributed by atoms with Gasteiger partial charge in [0.25, 0.3) is 0 Å². The van der Waals surface area contributed by atoms with E-state index >= 15 is 0 Å². The van der Waals surface area contributed by atoms with E-state index in [9.17, 15) is 4.79 Å². The monoisotopic (exact) mass is 235 g/mol. The van der Waals surface area contributed by atoms with Crippen molar-refractivity contribution in [3.8, 4) is 0 Å². The van der Waals surface area contributed by atoms with Gasteiger partial charge in [-0.05, 0) is 13.0 Å². The highest BCUT2D eigenvalue weighted by Crippen LogP contribution is 2.01. The summed E-state index contributed by atoms with van der Waals surface area (Å²) >= 11 is 0. The Morgan fingerprint density at radius 1 is 1.40 bits per heavy atom. The van der Waals surface area contributed by atoms with Gasteiger partial charge in [0.2, 0.25) is 0 Å². The summed E-state index contributed by atoms with van der Waals surface area (Å²) in [5.41, 5.74) is 0. The van der Waals surface area contributed by atoms with E-state index in [4.69, 9.17) is 4.74 Å². The third-order valence-electron chi connectivity index (χ3n) is 2.69. The summed E-state index contributed by atoms with van der Waals surface area (Å²) in [4.78, 5) is 13.5. The number of amides is 2. The van der Waals surface area contributed by atoms with E-state index in [1.165, 1.54) is 0 Å². The fraction of sp³-hybridized carbons (Fsp3) is 0.889. The summed E-state index contributed by atoms with van der Waals surface area (Å²) < 4.78 is 5.19. The number of nitrogens with zero attached hydrogens (tertiary/aromatic N) is 1. The lowest BCUT2D eigenvalue weighted by Gasteiger charge is -2.28. The minimum absolute atomic E-state index is 0. The highest BCUT2D eigenvalue weighted by molar-refractivity contribution is 5.85. The van der Waals surface area contributed by atoms with Crippen LogP contribution in [0, 0.1) is 0 Å². The predicted octanol–water partition coefficient (Wildman–Crippen LogP) is -0.188. The second-order valence-electron chi connectivity index (χ2n) is 3.74. The molecule has 2 N–H and O–H groups in total. The molecule has 0 saturated carbocycles. The lowest BCUT2D eigenvalue weighted by molar-refractivity contribution is 0.0526. The molecule has 5 nitrogen and oxygen atoms in total. The number of rotatable bonds is 1. The maximum absolute atomic E-state index is 11.7. The highest BCUT2D eigenvalue weighted by atomic mass is 35.5. The molecule has 1 atom stereocenters. The number of halogens is 1. The van der Waals surface area contributed by atoms with Gasteiger partial charge in [-0.25, -0.2) is 4.79 Å². The van der Waals surface area contributed by atoms with Crippen LogP contribution in [-0.2, 0) is 4.74 Å². The van der Waals surface area contributed by atoms with Gasteiger partial charge >= 0.3 is 6.03 Å². The highest BCUT2D eigenvalue weighted by Gasteiger charge is 2.21. The number of hydrogen-bond acceptors (Lipinski definition) is 3. The first-order valence-corrected chi connectivity index (χ1v) is 5.20. The fourth-order valence-corrected chi connectivity index (χ4v) is 1.81. The topological polar surface area (TPSA) is 53.6 Å². The molecule has 2 aliphatic rings. The molecule has 2 fully saturated rings. The average molecular weight is 236 g/mol. The normalized spacial score (nSPS) is 25.9. The van der Waals surface area contributed by atoms with Crippen LogP contribution in [0.1, 0.15) is 6.42 Å². The van der Waals surface area contributed by atoms with Crippen molar-refractivity contribution < 1.29 is 9.53 Å². The molecule has 0 aliphatic carbocycles. The Balaban J connectivity index is 0.00000112. The van der Waals surface area contributed by atoms with Crippen LogP contribution in [0.4, 0.5) is 4.79 Å². The summed E-state index contributed by atoms with van der Waals surface area (Å²) in [6.45, 7) is 4.66. The number of ether oxygens (including phenoxy) is 1. The Morgan fingerprint density at radius 2 is 2.13 bits per heavy atom. The van der Waals surface area contributed by atoms with E-state index in [-0.39, 0.29) is 18.4 Å². The molecule has 15 heavy (non-hydrogen) atoms. The molecule has 2 aliphatic heterocycles. The molecule has 2 rings (SSSR count). The molecule has 2 heterocycles. The van der Waals surface area contributed by atoms with Gasteiger partial charge in [0.05, 0.1) is 13.2 Å². The summed E-state index contributed by atoms with van der Waals surface area (Å²) in [5.74, 6) is 0. The molecule has 2 amide bonds. The Morgan fingerprint density at radius 3 is 2.73 bits per heavy atom. The van der Waals surface area contributed by atoms with E-state index in [1.807, 2.05) is 4.90 Å². The number of carbonyl (C=O) groups is 1. The number of nitrogens with one attached hydrogen (secondary N) is 2. The molecule has 0 unspecified atom stereocenters. The van der Waals surface area contributed by atoms with E-state index in [0.717, 1.165) is 19.5 Å². The largest absolute Gasteiger partial charge is 0.378 e. The van der Waals surface area contributed by atoms with E-state index in [2.05, 4.69) is 10.6 Å². The maximum Gasteiger partial charge on any atom is 0.317 e. The minimum Gasteiger partial charge on any atom is -0.378 e. The molecular formula is C9H18ClN3O2. The second kappa shape index (κ2) is 6.15. The van der Waals surface area contributed by atoms with Crippen LogP contribution in [0.3, 0.4) is 0 Å². The van der Waals surface area contributed by atoms with Gasteiger partial charge in [0.1, 0.15) is 0 Å². The molecule has 6 heteroatoms. The Bertz CT molecular complexity index is 204. The van der Waals surface area contributed by atoms with Gasteiger partial charge in [-0.2, -0.15) is 0 Å².